The van der Waals surface area contributed by atoms with E-state index in [1.54, 1.807) is 4.90 Å². The number of carbonyl (C=O) groups is 3. The summed E-state index contributed by atoms with van der Waals surface area (Å²) in [6.45, 7) is 2.82. The second-order valence-corrected chi connectivity index (χ2v) is 5.88. The minimum absolute atomic E-state index is 0.0265. The number of ketones is 1. The van der Waals surface area contributed by atoms with Gasteiger partial charge in [-0.05, 0) is 19.1 Å². The van der Waals surface area contributed by atoms with Gasteiger partial charge in [0.25, 0.3) is 5.91 Å². The van der Waals surface area contributed by atoms with Gasteiger partial charge < -0.3 is 14.6 Å². The summed E-state index contributed by atoms with van der Waals surface area (Å²) in [5.74, 6) is -1.25. The topological polar surface area (TPSA) is 57.7 Å². The van der Waals surface area contributed by atoms with Crippen molar-refractivity contribution < 1.29 is 18.8 Å². The maximum Gasteiger partial charge on any atom is 0.258 e. The van der Waals surface area contributed by atoms with E-state index in [1.165, 1.54) is 30.0 Å². The molecule has 0 atom stereocenters. The predicted octanol–water partition coefficient (Wildman–Crippen LogP) is 2.13. The Labute approximate surface area is 139 Å². The van der Waals surface area contributed by atoms with Crippen LogP contribution < -0.4 is 0 Å². The summed E-state index contributed by atoms with van der Waals surface area (Å²) in [5, 5.41) is 0.0787. The monoisotopic (exact) mass is 340 g/mol. The van der Waals surface area contributed by atoms with Crippen molar-refractivity contribution >= 4 is 29.2 Å². The van der Waals surface area contributed by atoms with Crippen LogP contribution in [0, 0.1) is 5.82 Å². The van der Waals surface area contributed by atoms with Crippen molar-refractivity contribution in [2.45, 2.75) is 19.8 Å². The van der Waals surface area contributed by atoms with Crippen molar-refractivity contribution in [1.82, 2.24) is 9.80 Å². The standard InChI is InChI=1S/C16H18ClFN2O3/c1-11(21)5-6-14(22)19-7-9-20(10-8-19)16(23)15-12(17)3-2-4-13(15)18/h2-4H,5-10H2,1H3. The minimum Gasteiger partial charge on any atom is -0.339 e. The molecule has 2 amide bonds. The van der Waals surface area contributed by atoms with Gasteiger partial charge >= 0.3 is 0 Å². The first-order chi connectivity index (χ1) is 10.9. The molecule has 1 saturated heterocycles. The van der Waals surface area contributed by atoms with E-state index in [-0.39, 0.29) is 35.1 Å². The molecule has 0 aliphatic carbocycles. The number of rotatable bonds is 4. The highest BCUT2D eigenvalue weighted by Crippen LogP contribution is 2.21. The molecule has 5 nitrogen and oxygen atoms in total. The number of Topliss-reactive ketones (excluding diaryl/α,β-unsaturated/α-hetero) is 1. The van der Waals surface area contributed by atoms with Crippen molar-refractivity contribution in [3.05, 3.63) is 34.6 Å². The average Bonchev–Trinajstić information content (AvgIpc) is 2.52. The Bertz CT molecular complexity index is 608. The minimum atomic E-state index is -0.650. The van der Waals surface area contributed by atoms with E-state index >= 15 is 0 Å². The second-order valence-electron chi connectivity index (χ2n) is 5.47. The molecule has 2 rings (SSSR count). The quantitative estimate of drug-likeness (QED) is 0.843. The molecule has 0 radical (unpaired) electrons. The lowest BCUT2D eigenvalue weighted by Gasteiger charge is -2.35. The highest BCUT2D eigenvalue weighted by molar-refractivity contribution is 6.33. The van der Waals surface area contributed by atoms with Crippen LogP contribution in [0.5, 0.6) is 0 Å². The number of piperazine rings is 1. The normalized spacial score (nSPS) is 14.7. The molecular formula is C16H18ClFN2O3. The van der Waals surface area contributed by atoms with E-state index in [2.05, 4.69) is 0 Å². The summed E-state index contributed by atoms with van der Waals surface area (Å²) in [6, 6.07) is 4.11. The molecule has 0 aromatic heterocycles. The Hall–Kier alpha value is -1.95. The van der Waals surface area contributed by atoms with Crippen molar-refractivity contribution in [3.63, 3.8) is 0 Å². The highest BCUT2D eigenvalue weighted by Gasteiger charge is 2.27. The molecule has 0 unspecified atom stereocenters. The van der Waals surface area contributed by atoms with Gasteiger partial charge in [-0.2, -0.15) is 0 Å². The van der Waals surface area contributed by atoms with Gasteiger partial charge in [0.2, 0.25) is 5.91 Å². The van der Waals surface area contributed by atoms with Crippen molar-refractivity contribution in [2.24, 2.45) is 0 Å². The van der Waals surface area contributed by atoms with E-state index in [9.17, 15) is 18.8 Å². The van der Waals surface area contributed by atoms with Crippen LogP contribution in [-0.4, -0.2) is 53.6 Å². The van der Waals surface area contributed by atoms with Gasteiger partial charge in [0, 0.05) is 39.0 Å². The summed E-state index contributed by atoms with van der Waals surface area (Å²) in [6.07, 6.45) is 0.408. The smallest absolute Gasteiger partial charge is 0.258 e. The number of carbonyl (C=O) groups excluding carboxylic acids is 3. The predicted molar refractivity (Wildman–Crippen MR) is 83.8 cm³/mol. The third kappa shape index (κ3) is 4.28. The lowest BCUT2D eigenvalue weighted by molar-refractivity contribution is -0.134. The lowest BCUT2D eigenvalue weighted by Crippen LogP contribution is -2.50. The SMILES string of the molecule is CC(=O)CCC(=O)N1CCN(C(=O)c2c(F)cccc2Cl)CC1. The van der Waals surface area contributed by atoms with E-state index in [4.69, 9.17) is 11.6 Å². The molecule has 0 spiro atoms. The van der Waals surface area contributed by atoms with E-state index in [0.29, 0.717) is 26.2 Å². The third-order valence-electron chi connectivity index (χ3n) is 3.79. The Morgan fingerprint density at radius 1 is 1.09 bits per heavy atom. The van der Waals surface area contributed by atoms with E-state index < -0.39 is 11.7 Å². The largest absolute Gasteiger partial charge is 0.339 e. The fraction of sp³-hybridized carbons (Fsp3) is 0.438. The van der Waals surface area contributed by atoms with Crippen molar-refractivity contribution in [1.29, 1.82) is 0 Å². The molecule has 0 bridgehead atoms. The van der Waals surface area contributed by atoms with Gasteiger partial charge in [-0.25, -0.2) is 4.39 Å². The molecule has 1 aromatic carbocycles. The van der Waals surface area contributed by atoms with Crippen LogP contribution in [0.4, 0.5) is 4.39 Å². The number of nitrogens with zero attached hydrogens (tertiary/aromatic N) is 2. The fourth-order valence-electron chi connectivity index (χ4n) is 2.46. The number of amides is 2. The maximum atomic E-state index is 13.8. The number of halogens is 2. The van der Waals surface area contributed by atoms with E-state index in [0.717, 1.165) is 0 Å². The zero-order valence-corrected chi connectivity index (χ0v) is 13.6. The molecular weight excluding hydrogens is 323 g/mol. The first kappa shape index (κ1) is 17.4. The summed E-state index contributed by atoms with van der Waals surface area (Å²) >= 11 is 5.91. The van der Waals surface area contributed by atoms with Crippen LogP contribution in [0.2, 0.25) is 5.02 Å². The molecule has 1 fully saturated rings. The van der Waals surface area contributed by atoms with Gasteiger partial charge in [0.1, 0.15) is 11.6 Å². The summed E-state index contributed by atoms with van der Waals surface area (Å²) in [5.41, 5.74) is -0.134. The van der Waals surface area contributed by atoms with Crippen LogP contribution >= 0.6 is 11.6 Å². The molecule has 1 aromatic rings. The molecule has 7 heteroatoms. The molecule has 1 heterocycles. The summed E-state index contributed by atoms with van der Waals surface area (Å²) in [7, 11) is 0. The Morgan fingerprint density at radius 3 is 2.26 bits per heavy atom. The zero-order chi connectivity index (χ0) is 17.0. The average molecular weight is 341 g/mol. The Kier molecular flexibility index (Phi) is 5.71. The lowest BCUT2D eigenvalue weighted by atomic mass is 10.1. The summed E-state index contributed by atoms with van der Waals surface area (Å²) < 4.78 is 13.8. The van der Waals surface area contributed by atoms with Crippen molar-refractivity contribution in [3.8, 4) is 0 Å². The van der Waals surface area contributed by atoms with Crippen LogP contribution in [-0.2, 0) is 9.59 Å². The van der Waals surface area contributed by atoms with Gasteiger partial charge in [0.05, 0.1) is 10.6 Å². The maximum absolute atomic E-state index is 13.8. The molecule has 1 aliphatic rings. The number of benzene rings is 1. The van der Waals surface area contributed by atoms with Crippen LogP contribution in [0.1, 0.15) is 30.1 Å². The van der Waals surface area contributed by atoms with Gasteiger partial charge in [-0.3, -0.25) is 9.59 Å². The van der Waals surface area contributed by atoms with Gasteiger partial charge in [0.15, 0.2) is 0 Å². The molecule has 23 heavy (non-hydrogen) atoms. The molecule has 0 saturated carbocycles. The first-order valence-corrected chi connectivity index (χ1v) is 7.78. The molecule has 124 valence electrons. The zero-order valence-electron chi connectivity index (χ0n) is 12.8. The fourth-order valence-corrected chi connectivity index (χ4v) is 2.70. The Morgan fingerprint density at radius 2 is 1.70 bits per heavy atom. The second kappa shape index (κ2) is 7.55. The third-order valence-corrected chi connectivity index (χ3v) is 4.10. The van der Waals surface area contributed by atoms with Crippen LogP contribution in [0.25, 0.3) is 0 Å². The summed E-state index contributed by atoms with van der Waals surface area (Å²) in [4.78, 5) is 38.4. The van der Waals surface area contributed by atoms with E-state index in [1.807, 2.05) is 0 Å². The first-order valence-electron chi connectivity index (χ1n) is 7.40. The van der Waals surface area contributed by atoms with Crippen molar-refractivity contribution in [2.75, 3.05) is 26.2 Å². The number of hydrogen-bond donors (Lipinski definition) is 0. The van der Waals surface area contributed by atoms with Gasteiger partial charge in [-0.1, -0.05) is 17.7 Å². The van der Waals surface area contributed by atoms with Crippen LogP contribution in [0.15, 0.2) is 18.2 Å². The molecule has 1 aliphatic heterocycles. The number of hydrogen-bond acceptors (Lipinski definition) is 3. The molecule has 0 N–H and O–H groups in total. The highest BCUT2D eigenvalue weighted by atomic mass is 35.5. The van der Waals surface area contributed by atoms with Gasteiger partial charge in [-0.15, -0.1) is 0 Å². The van der Waals surface area contributed by atoms with Crippen LogP contribution in [0.3, 0.4) is 0 Å². The Balaban J connectivity index is 1.95.